The summed E-state index contributed by atoms with van der Waals surface area (Å²) in [6.45, 7) is 0. The van der Waals surface area contributed by atoms with Crippen LogP contribution in [0.2, 0.25) is 0 Å². The molecule has 1 N–H and O–H groups in total. The van der Waals surface area contributed by atoms with E-state index in [0.29, 0.717) is 0 Å². The Kier molecular flexibility index (Phi) is 4.28. The second-order valence-electron chi connectivity index (χ2n) is 2.46. The predicted octanol–water partition coefficient (Wildman–Crippen LogP) is -1.91. The molecule has 0 aliphatic heterocycles. The lowest BCUT2D eigenvalue weighted by Crippen LogP contribution is -2.42. The second kappa shape index (κ2) is 5.51. The Labute approximate surface area is 83.9 Å². The number of aromatic amines is 1. The summed E-state index contributed by atoms with van der Waals surface area (Å²) in [6, 6.07) is 10.3. The first-order valence-electron chi connectivity index (χ1n) is 3.78. The van der Waals surface area contributed by atoms with Gasteiger partial charge in [0.25, 0.3) is 0 Å². The standard InChI is InChI=1S/C9H7N.ClO3/c1-2-4-9-7-10-6-5-8(9)3-1;2-1(3)4/h1-7H;/q;-1/p+1. The van der Waals surface area contributed by atoms with Crippen molar-refractivity contribution in [1.29, 1.82) is 0 Å². The van der Waals surface area contributed by atoms with Crippen LogP contribution < -0.4 is 19.0 Å². The van der Waals surface area contributed by atoms with Gasteiger partial charge in [0.05, 0.1) is 10.8 Å². The molecule has 74 valence electrons. The van der Waals surface area contributed by atoms with Gasteiger partial charge in [-0.1, -0.05) is 18.2 Å². The van der Waals surface area contributed by atoms with Crippen molar-refractivity contribution in [3.63, 3.8) is 0 Å². The molecule has 0 saturated heterocycles. The summed E-state index contributed by atoms with van der Waals surface area (Å²) < 4.78 is 25.2. The lowest BCUT2D eigenvalue weighted by molar-refractivity contribution is -1.73. The van der Waals surface area contributed by atoms with Gasteiger partial charge >= 0.3 is 0 Å². The molecule has 1 aromatic carbocycles. The Balaban J connectivity index is 0.000000213. The maximum Gasteiger partial charge on any atom is 0.174 e. The highest BCUT2D eigenvalue weighted by Gasteiger charge is 1.90. The van der Waals surface area contributed by atoms with Gasteiger partial charge in [0.15, 0.2) is 12.4 Å². The topological polar surface area (TPSA) is 83.3 Å². The van der Waals surface area contributed by atoms with E-state index in [1.165, 1.54) is 10.8 Å². The number of halogens is 1. The van der Waals surface area contributed by atoms with E-state index < -0.39 is 10.8 Å². The van der Waals surface area contributed by atoms with Crippen LogP contribution in [0.5, 0.6) is 0 Å². The first kappa shape index (κ1) is 10.9. The third-order valence-electron chi connectivity index (χ3n) is 1.59. The van der Waals surface area contributed by atoms with Crippen molar-refractivity contribution in [1.82, 2.24) is 0 Å². The Bertz CT molecular complexity index is 326. The highest BCUT2D eigenvalue weighted by Crippen LogP contribution is 2.08. The van der Waals surface area contributed by atoms with Crippen molar-refractivity contribution >= 4 is 10.8 Å². The first-order valence-corrected chi connectivity index (χ1v) is 4.70. The van der Waals surface area contributed by atoms with Crippen molar-refractivity contribution in [2.45, 2.75) is 0 Å². The number of hydrogen-bond acceptors (Lipinski definition) is 3. The first-order chi connectivity index (χ1) is 6.70. The summed E-state index contributed by atoms with van der Waals surface area (Å²) in [7, 11) is -2.85. The number of H-pyrrole nitrogens is 1. The second-order valence-corrected chi connectivity index (χ2v) is 2.84. The molecule has 0 atom stereocenters. The van der Waals surface area contributed by atoms with Crippen LogP contribution in [0, 0.1) is 10.8 Å². The molecule has 0 spiro atoms. The van der Waals surface area contributed by atoms with Crippen LogP contribution in [0.3, 0.4) is 0 Å². The smallest absolute Gasteiger partial charge is 0.174 e. The van der Waals surface area contributed by atoms with Crippen LogP contribution in [-0.4, -0.2) is 0 Å². The van der Waals surface area contributed by atoms with Crippen molar-refractivity contribution < 1.29 is 29.7 Å². The van der Waals surface area contributed by atoms with Crippen molar-refractivity contribution in [3.05, 3.63) is 42.7 Å². The summed E-state index contributed by atoms with van der Waals surface area (Å²) in [6.07, 6.45) is 3.93. The third kappa shape index (κ3) is 3.68. The molecule has 0 saturated carbocycles. The largest absolute Gasteiger partial charge is 0.357 e. The fourth-order valence-corrected chi connectivity index (χ4v) is 1.07. The number of rotatable bonds is 0. The minimum Gasteiger partial charge on any atom is -0.357 e. The molecule has 1 heterocycles. The fourth-order valence-electron chi connectivity index (χ4n) is 1.07. The van der Waals surface area contributed by atoms with Gasteiger partial charge in [0.1, 0.15) is 0 Å². The van der Waals surface area contributed by atoms with E-state index in [1.807, 2.05) is 24.5 Å². The van der Waals surface area contributed by atoms with E-state index in [2.05, 4.69) is 23.2 Å². The summed E-state index contributed by atoms with van der Waals surface area (Å²) in [5, 5.41) is 2.53. The molecule has 2 rings (SSSR count). The molecule has 0 unspecified atom stereocenters. The molecule has 0 amide bonds. The van der Waals surface area contributed by atoms with Gasteiger partial charge < -0.3 is 14.0 Å². The fraction of sp³-hybridized carbons (Fsp3) is 0. The number of pyridine rings is 1. The van der Waals surface area contributed by atoms with E-state index in [4.69, 9.17) is 14.0 Å². The van der Waals surface area contributed by atoms with Crippen LogP contribution in [0.4, 0.5) is 0 Å². The Morgan fingerprint density at radius 2 is 1.50 bits per heavy atom. The molecular formula is C9H8ClNO3. The lowest BCUT2D eigenvalue weighted by Gasteiger charge is -1.89. The Morgan fingerprint density at radius 3 is 2.07 bits per heavy atom. The third-order valence-corrected chi connectivity index (χ3v) is 1.59. The number of aromatic nitrogens is 1. The summed E-state index contributed by atoms with van der Waals surface area (Å²) in [5.41, 5.74) is 0. The van der Waals surface area contributed by atoms with Crippen LogP contribution in [0.25, 0.3) is 10.8 Å². The van der Waals surface area contributed by atoms with E-state index in [0.717, 1.165) is 0 Å². The minimum atomic E-state index is -2.85. The monoisotopic (exact) mass is 213 g/mol. The minimum absolute atomic E-state index is 1.25. The molecule has 0 radical (unpaired) electrons. The molecule has 1 aromatic heterocycles. The quantitative estimate of drug-likeness (QED) is 0.512. The van der Waals surface area contributed by atoms with E-state index in [-0.39, 0.29) is 0 Å². The van der Waals surface area contributed by atoms with Crippen LogP contribution in [-0.2, 0) is 0 Å². The summed E-state index contributed by atoms with van der Waals surface area (Å²) in [4.78, 5) is 3.04. The van der Waals surface area contributed by atoms with Gasteiger partial charge in [0, 0.05) is 11.5 Å². The average Bonchev–Trinajstić information content (AvgIpc) is 2.17. The van der Waals surface area contributed by atoms with Crippen molar-refractivity contribution in [2.75, 3.05) is 0 Å². The van der Waals surface area contributed by atoms with E-state index in [1.54, 1.807) is 0 Å². The van der Waals surface area contributed by atoms with Crippen LogP contribution in [0.15, 0.2) is 42.7 Å². The molecule has 0 aliphatic rings. The van der Waals surface area contributed by atoms with Crippen molar-refractivity contribution in [3.8, 4) is 0 Å². The molecule has 0 bridgehead atoms. The molecule has 5 heteroatoms. The van der Waals surface area contributed by atoms with E-state index in [9.17, 15) is 0 Å². The molecular weight excluding hydrogens is 206 g/mol. The van der Waals surface area contributed by atoms with Crippen LogP contribution >= 0.6 is 0 Å². The molecule has 4 nitrogen and oxygen atoms in total. The van der Waals surface area contributed by atoms with Gasteiger partial charge in [-0.25, -0.2) is 4.98 Å². The molecule has 0 fully saturated rings. The number of fused-ring (bicyclic) bond motifs is 1. The van der Waals surface area contributed by atoms with E-state index >= 15 is 0 Å². The zero-order chi connectivity index (χ0) is 10.4. The maximum absolute atomic E-state index is 8.41. The van der Waals surface area contributed by atoms with Gasteiger partial charge in [0.2, 0.25) is 0 Å². The summed E-state index contributed by atoms with van der Waals surface area (Å²) >= 11 is 0. The number of hydrogen-bond donors (Lipinski definition) is 0. The number of benzene rings is 1. The summed E-state index contributed by atoms with van der Waals surface area (Å²) in [5.74, 6) is 0. The zero-order valence-corrected chi connectivity index (χ0v) is 7.90. The van der Waals surface area contributed by atoms with Crippen LogP contribution in [0.1, 0.15) is 0 Å². The van der Waals surface area contributed by atoms with Gasteiger partial charge in [-0.3, -0.25) is 0 Å². The highest BCUT2D eigenvalue weighted by atomic mass is 35.6. The normalized spacial score (nSPS) is 9.71. The molecule has 14 heavy (non-hydrogen) atoms. The van der Waals surface area contributed by atoms with Gasteiger partial charge in [-0.15, -0.1) is 0 Å². The zero-order valence-electron chi connectivity index (χ0n) is 7.14. The lowest BCUT2D eigenvalue weighted by atomic mass is 10.2. The highest BCUT2D eigenvalue weighted by molar-refractivity contribution is 5.80. The Morgan fingerprint density at radius 1 is 0.929 bits per heavy atom. The van der Waals surface area contributed by atoms with Gasteiger partial charge in [-0.05, 0) is 11.5 Å². The number of nitrogens with one attached hydrogen (secondary N) is 1. The maximum atomic E-state index is 8.41. The SMILES string of the molecule is [O-][Cl+2]([O-])[O-].c1ccc2c[nH+]ccc2c1. The average molecular weight is 214 g/mol. The molecule has 0 aliphatic carbocycles. The Hall–Kier alpha value is -1.20. The predicted molar refractivity (Wildman–Crippen MR) is 40.5 cm³/mol. The van der Waals surface area contributed by atoms with Crippen molar-refractivity contribution in [2.24, 2.45) is 0 Å². The van der Waals surface area contributed by atoms with Gasteiger partial charge in [-0.2, -0.15) is 0 Å². The molecule has 2 aromatic rings.